The molecule has 1 aromatic rings. The Bertz CT molecular complexity index is 507. The van der Waals surface area contributed by atoms with E-state index < -0.39 is 17.8 Å². The van der Waals surface area contributed by atoms with Gasteiger partial charge in [0.05, 0.1) is 18.1 Å². The Morgan fingerprint density at radius 1 is 1.10 bits per heavy atom. The molecule has 0 saturated heterocycles. The minimum atomic E-state index is -0.437. The van der Waals surface area contributed by atoms with Crippen LogP contribution in [0.5, 0.6) is 0 Å². The molecule has 0 bridgehead atoms. The molecule has 0 radical (unpaired) electrons. The van der Waals surface area contributed by atoms with Gasteiger partial charge in [-0.05, 0) is 31.2 Å². The third-order valence-electron chi connectivity index (χ3n) is 2.50. The predicted molar refractivity (Wildman–Crippen MR) is 76.8 cm³/mol. The summed E-state index contributed by atoms with van der Waals surface area (Å²) in [6.07, 6.45) is 0. The number of carbonyl (C=O) groups excluding carboxylic acids is 3. The van der Waals surface area contributed by atoms with Crippen LogP contribution in [-0.4, -0.2) is 31.1 Å². The Labute approximate surface area is 123 Å². The molecular formula is C15H19NO5. The van der Waals surface area contributed by atoms with Gasteiger partial charge in [0.1, 0.15) is 0 Å². The van der Waals surface area contributed by atoms with E-state index in [-0.39, 0.29) is 12.5 Å². The topological polar surface area (TPSA) is 81.7 Å². The van der Waals surface area contributed by atoms with Crippen molar-refractivity contribution >= 4 is 23.5 Å². The summed E-state index contributed by atoms with van der Waals surface area (Å²) >= 11 is 0. The van der Waals surface area contributed by atoms with Gasteiger partial charge in [0.25, 0.3) is 5.91 Å². The van der Waals surface area contributed by atoms with E-state index >= 15 is 0 Å². The van der Waals surface area contributed by atoms with Gasteiger partial charge >= 0.3 is 11.9 Å². The molecule has 1 amide bonds. The molecule has 0 aliphatic heterocycles. The number of hydrogen-bond donors (Lipinski definition) is 1. The summed E-state index contributed by atoms with van der Waals surface area (Å²) in [7, 11) is 0. The molecule has 0 aliphatic carbocycles. The van der Waals surface area contributed by atoms with Gasteiger partial charge in [0, 0.05) is 5.69 Å². The first-order valence-corrected chi connectivity index (χ1v) is 6.67. The lowest BCUT2D eigenvalue weighted by Crippen LogP contribution is -2.22. The molecule has 0 fully saturated rings. The molecule has 6 heteroatoms. The number of benzene rings is 1. The maximum Gasteiger partial charge on any atom is 0.338 e. The number of anilines is 1. The van der Waals surface area contributed by atoms with Crippen LogP contribution in [0.3, 0.4) is 0 Å². The van der Waals surface area contributed by atoms with Gasteiger partial charge in [-0.1, -0.05) is 13.8 Å². The van der Waals surface area contributed by atoms with E-state index in [2.05, 4.69) is 5.32 Å². The molecule has 21 heavy (non-hydrogen) atoms. The number of ether oxygens (including phenoxy) is 2. The SMILES string of the molecule is CCOC(=O)c1ccc(NC(=O)COC(=O)C(C)C)cc1. The highest BCUT2D eigenvalue weighted by Gasteiger charge is 2.11. The lowest BCUT2D eigenvalue weighted by Gasteiger charge is -2.08. The summed E-state index contributed by atoms with van der Waals surface area (Å²) in [4.78, 5) is 34.3. The van der Waals surface area contributed by atoms with Gasteiger partial charge in [-0.2, -0.15) is 0 Å². The van der Waals surface area contributed by atoms with Gasteiger partial charge in [0.15, 0.2) is 6.61 Å². The molecule has 0 heterocycles. The number of esters is 2. The standard InChI is InChI=1S/C15H19NO5/c1-4-20-15(19)11-5-7-12(8-6-11)16-13(17)9-21-14(18)10(2)3/h5-8,10H,4,9H2,1-3H3,(H,16,17). The maximum absolute atomic E-state index is 11.6. The average molecular weight is 293 g/mol. The second kappa shape index (κ2) is 8.04. The average Bonchev–Trinajstić information content (AvgIpc) is 2.45. The van der Waals surface area contributed by atoms with Gasteiger partial charge in [-0.25, -0.2) is 4.79 Å². The molecule has 0 spiro atoms. The highest BCUT2D eigenvalue weighted by molar-refractivity contribution is 5.94. The minimum absolute atomic E-state index is 0.276. The van der Waals surface area contributed by atoms with E-state index in [9.17, 15) is 14.4 Å². The molecule has 114 valence electrons. The van der Waals surface area contributed by atoms with Crippen LogP contribution in [0.15, 0.2) is 24.3 Å². The first-order valence-electron chi connectivity index (χ1n) is 6.67. The summed E-state index contributed by atoms with van der Waals surface area (Å²) in [6, 6.07) is 6.25. The first-order chi connectivity index (χ1) is 9.93. The Morgan fingerprint density at radius 2 is 1.71 bits per heavy atom. The molecule has 0 unspecified atom stereocenters. The van der Waals surface area contributed by atoms with Crippen LogP contribution in [-0.2, 0) is 19.1 Å². The summed E-state index contributed by atoms with van der Waals surface area (Å²) in [5.74, 6) is -1.56. The molecule has 1 aromatic carbocycles. The van der Waals surface area contributed by atoms with Crippen LogP contribution in [0.2, 0.25) is 0 Å². The number of nitrogens with one attached hydrogen (secondary N) is 1. The maximum atomic E-state index is 11.6. The van der Waals surface area contributed by atoms with E-state index in [1.165, 1.54) is 0 Å². The lowest BCUT2D eigenvalue weighted by molar-refractivity contribution is -0.150. The summed E-state index contributed by atoms with van der Waals surface area (Å²) in [5.41, 5.74) is 0.912. The fraction of sp³-hybridized carbons (Fsp3) is 0.400. The van der Waals surface area contributed by atoms with Crippen molar-refractivity contribution in [3.05, 3.63) is 29.8 Å². The van der Waals surface area contributed by atoms with Crippen molar-refractivity contribution < 1.29 is 23.9 Å². The van der Waals surface area contributed by atoms with Crippen LogP contribution in [0, 0.1) is 5.92 Å². The van der Waals surface area contributed by atoms with Gasteiger partial charge < -0.3 is 14.8 Å². The van der Waals surface area contributed by atoms with Crippen molar-refractivity contribution in [2.24, 2.45) is 5.92 Å². The predicted octanol–water partition coefficient (Wildman–Crippen LogP) is 2.00. The normalized spacial score (nSPS) is 10.1. The van der Waals surface area contributed by atoms with Crippen LogP contribution < -0.4 is 5.32 Å². The molecular weight excluding hydrogens is 274 g/mol. The van der Waals surface area contributed by atoms with E-state index in [0.717, 1.165) is 0 Å². The first kappa shape index (κ1) is 16.7. The smallest absolute Gasteiger partial charge is 0.338 e. The molecule has 1 rings (SSSR count). The van der Waals surface area contributed by atoms with Crippen molar-refractivity contribution in [2.75, 3.05) is 18.5 Å². The van der Waals surface area contributed by atoms with Crippen molar-refractivity contribution in [3.63, 3.8) is 0 Å². The van der Waals surface area contributed by atoms with Crippen molar-refractivity contribution in [3.8, 4) is 0 Å². The highest BCUT2D eigenvalue weighted by atomic mass is 16.5. The fourth-order valence-electron chi connectivity index (χ4n) is 1.40. The fourth-order valence-corrected chi connectivity index (χ4v) is 1.40. The number of carbonyl (C=O) groups is 3. The molecule has 0 saturated carbocycles. The third-order valence-corrected chi connectivity index (χ3v) is 2.50. The van der Waals surface area contributed by atoms with E-state index in [4.69, 9.17) is 9.47 Å². The largest absolute Gasteiger partial charge is 0.462 e. The van der Waals surface area contributed by atoms with Crippen molar-refractivity contribution in [2.45, 2.75) is 20.8 Å². The second-order valence-electron chi connectivity index (χ2n) is 4.61. The monoisotopic (exact) mass is 293 g/mol. The van der Waals surface area contributed by atoms with Gasteiger partial charge in [-0.15, -0.1) is 0 Å². The van der Waals surface area contributed by atoms with E-state index in [0.29, 0.717) is 17.9 Å². The zero-order valence-corrected chi connectivity index (χ0v) is 12.3. The summed E-state index contributed by atoms with van der Waals surface area (Å²) in [6.45, 7) is 5.07. The number of hydrogen-bond acceptors (Lipinski definition) is 5. The zero-order valence-electron chi connectivity index (χ0n) is 12.3. The Morgan fingerprint density at radius 3 is 2.24 bits per heavy atom. The molecule has 6 nitrogen and oxygen atoms in total. The van der Waals surface area contributed by atoms with Crippen LogP contribution in [0.4, 0.5) is 5.69 Å². The van der Waals surface area contributed by atoms with Crippen molar-refractivity contribution in [1.82, 2.24) is 0 Å². The minimum Gasteiger partial charge on any atom is -0.462 e. The van der Waals surface area contributed by atoms with Crippen molar-refractivity contribution in [1.29, 1.82) is 0 Å². The number of rotatable bonds is 6. The van der Waals surface area contributed by atoms with Crippen LogP contribution >= 0.6 is 0 Å². The van der Waals surface area contributed by atoms with Crippen LogP contribution in [0.25, 0.3) is 0 Å². The Hall–Kier alpha value is -2.37. The Kier molecular flexibility index (Phi) is 6.39. The molecule has 0 atom stereocenters. The Balaban J connectivity index is 2.50. The van der Waals surface area contributed by atoms with Gasteiger partial charge in [0.2, 0.25) is 0 Å². The third kappa shape index (κ3) is 5.64. The quantitative estimate of drug-likeness (QED) is 0.811. The summed E-state index contributed by atoms with van der Waals surface area (Å²) in [5, 5.41) is 2.57. The molecule has 1 N–H and O–H groups in total. The second-order valence-corrected chi connectivity index (χ2v) is 4.61. The highest BCUT2D eigenvalue weighted by Crippen LogP contribution is 2.10. The summed E-state index contributed by atoms with van der Waals surface area (Å²) < 4.78 is 9.66. The van der Waals surface area contributed by atoms with Crippen LogP contribution in [0.1, 0.15) is 31.1 Å². The molecule has 0 aromatic heterocycles. The van der Waals surface area contributed by atoms with E-state index in [1.54, 1.807) is 45.0 Å². The molecule has 0 aliphatic rings. The van der Waals surface area contributed by atoms with E-state index in [1.807, 2.05) is 0 Å². The number of amides is 1. The zero-order chi connectivity index (χ0) is 15.8. The van der Waals surface area contributed by atoms with Gasteiger partial charge in [-0.3, -0.25) is 9.59 Å². The lowest BCUT2D eigenvalue weighted by atomic mass is 10.2.